The van der Waals surface area contributed by atoms with Gasteiger partial charge in [-0.2, -0.15) is 0 Å². The minimum absolute atomic E-state index is 0.0320. The van der Waals surface area contributed by atoms with Crippen molar-refractivity contribution in [3.05, 3.63) is 59.7 Å². The average molecular weight is 426 g/mol. The molecule has 0 aliphatic heterocycles. The van der Waals surface area contributed by atoms with Gasteiger partial charge in [0.1, 0.15) is 5.82 Å². The van der Waals surface area contributed by atoms with E-state index in [1.54, 1.807) is 18.2 Å². The van der Waals surface area contributed by atoms with Gasteiger partial charge in [0, 0.05) is 23.1 Å². The first-order valence-corrected chi connectivity index (χ1v) is 10.9. The minimum atomic E-state index is -0.314. The molecule has 4 nitrogen and oxygen atoms in total. The second-order valence-corrected chi connectivity index (χ2v) is 9.70. The summed E-state index contributed by atoms with van der Waals surface area (Å²) in [5.74, 6) is 0.0512. The van der Waals surface area contributed by atoms with Gasteiger partial charge in [0.15, 0.2) is 5.13 Å². The Hall–Kier alpha value is -2.73. The maximum atomic E-state index is 13.8. The van der Waals surface area contributed by atoms with Gasteiger partial charge in [-0.3, -0.25) is 4.79 Å². The molecule has 2 aromatic carbocycles. The number of nitrogens with one attached hydrogen (secondary N) is 2. The number of thiazole rings is 1. The predicted octanol–water partition coefficient (Wildman–Crippen LogP) is 7.09. The van der Waals surface area contributed by atoms with Crippen molar-refractivity contribution in [1.82, 2.24) is 4.98 Å². The smallest absolute Gasteiger partial charge is 0.224 e. The summed E-state index contributed by atoms with van der Waals surface area (Å²) in [5, 5.41) is 8.53. The molecule has 6 heteroatoms. The van der Waals surface area contributed by atoms with E-state index >= 15 is 0 Å². The summed E-state index contributed by atoms with van der Waals surface area (Å²) in [4.78, 5) is 16.8. The van der Waals surface area contributed by atoms with Crippen LogP contribution in [-0.4, -0.2) is 10.9 Å². The summed E-state index contributed by atoms with van der Waals surface area (Å²) in [6, 6.07) is 14.1. The van der Waals surface area contributed by atoms with Crippen molar-refractivity contribution in [3.8, 4) is 11.3 Å². The number of halogens is 1. The quantitative estimate of drug-likeness (QED) is 0.425. The van der Waals surface area contributed by atoms with Gasteiger partial charge in [0.05, 0.1) is 11.4 Å². The van der Waals surface area contributed by atoms with Gasteiger partial charge in [-0.15, -0.1) is 11.3 Å². The molecule has 0 bridgehead atoms. The van der Waals surface area contributed by atoms with Crippen molar-refractivity contribution in [2.24, 2.45) is 11.3 Å². The third kappa shape index (κ3) is 6.39. The van der Waals surface area contributed by atoms with E-state index in [-0.39, 0.29) is 17.1 Å². The molecule has 3 rings (SSSR count). The second kappa shape index (κ2) is 9.39. The molecule has 0 saturated heterocycles. The predicted molar refractivity (Wildman–Crippen MR) is 124 cm³/mol. The van der Waals surface area contributed by atoms with E-state index in [9.17, 15) is 9.18 Å². The molecular weight excluding hydrogens is 397 g/mol. The highest BCUT2D eigenvalue weighted by Crippen LogP contribution is 2.29. The Morgan fingerprint density at radius 3 is 2.50 bits per heavy atom. The van der Waals surface area contributed by atoms with Crippen molar-refractivity contribution < 1.29 is 9.18 Å². The number of para-hydroxylation sites is 1. The Balaban J connectivity index is 1.59. The highest BCUT2D eigenvalue weighted by molar-refractivity contribution is 7.14. The number of aromatic nitrogens is 1. The zero-order valence-corrected chi connectivity index (χ0v) is 18.6. The van der Waals surface area contributed by atoms with E-state index in [1.165, 1.54) is 17.4 Å². The van der Waals surface area contributed by atoms with Crippen molar-refractivity contribution in [2.75, 3.05) is 10.6 Å². The van der Waals surface area contributed by atoms with Crippen molar-refractivity contribution in [3.63, 3.8) is 0 Å². The molecule has 1 heterocycles. The lowest BCUT2D eigenvalue weighted by molar-refractivity contribution is -0.117. The molecular formula is C24H28FN3OS. The first-order valence-electron chi connectivity index (χ1n) is 10.1. The second-order valence-electron chi connectivity index (χ2n) is 8.84. The molecule has 0 saturated carbocycles. The molecule has 0 aliphatic rings. The molecule has 1 amide bonds. The maximum absolute atomic E-state index is 13.8. The maximum Gasteiger partial charge on any atom is 0.224 e. The number of carbonyl (C=O) groups excluding carboxylic acids is 1. The Labute approximate surface area is 181 Å². The molecule has 2 N–H and O–H groups in total. The topological polar surface area (TPSA) is 54.0 Å². The number of nitrogens with zero attached hydrogens (tertiary/aromatic N) is 1. The van der Waals surface area contributed by atoms with Gasteiger partial charge in [-0.05, 0) is 42.0 Å². The van der Waals surface area contributed by atoms with Gasteiger partial charge in [0.2, 0.25) is 5.91 Å². The molecule has 0 fully saturated rings. The molecule has 30 heavy (non-hydrogen) atoms. The fourth-order valence-corrected chi connectivity index (χ4v) is 4.24. The van der Waals surface area contributed by atoms with E-state index in [1.807, 2.05) is 29.6 Å². The lowest BCUT2D eigenvalue weighted by atomic mass is 9.84. The molecule has 1 atom stereocenters. The monoisotopic (exact) mass is 425 g/mol. The van der Waals surface area contributed by atoms with Gasteiger partial charge >= 0.3 is 0 Å². The van der Waals surface area contributed by atoms with Crippen LogP contribution in [0.25, 0.3) is 11.3 Å². The van der Waals surface area contributed by atoms with Gasteiger partial charge in [0.25, 0.3) is 0 Å². The number of hydrogen-bond donors (Lipinski definition) is 2. The molecule has 158 valence electrons. The van der Waals surface area contributed by atoms with Crippen LogP contribution in [0.3, 0.4) is 0 Å². The Morgan fingerprint density at radius 2 is 1.83 bits per heavy atom. The number of benzene rings is 2. The molecule has 3 aromatic rings. The van der Waals surface area contributed by atoms with Crippen LogP contribution in [0.4, 0.5) is 20.9 Å². The van der Waals surface area contributed by atoms with Gasteiger partial charge in [-0.25, -0.2) is 9.37 Å². The number of amides is 1. The number of hydrogen-bond acceptors (Lipinski definition) is 4. The van der Waals surface area contributed by atoms with Crippen LogP contribution in [0.15, 0.2) is 53.9 Å². The van der Waals surface area contributed by atoms with E-state index < -0.39 is 0 Å². The minimum Gasteiger partial charge on any atom is -0.329 e. The zero-order valence-electron chi connectivity index (χ0n) is 17.8. The van der Waals surface area contributed by atoms with Crippen LogP contribution in [0, 0.1) is 17.2 Å². The molecule has 1 aromatic heterocycles. The highest BCUT2D eigenvalue weighted by Gasteiger charge is 2.18. The fraction of sp³-hybridized carbons (Fsp3) is 0.333. The normalized spacial score (nSPS) is 12.4. The van der Waals surface area contributed by atoms with Crippen LogP contribution in [0.5, 0.6) is 0 Å². The van der Waals surface area contributed by atoms with Crippen LogP contribution in [0.2, 0.25) is 0 Å². The Kier molecular flexibility index (Phi) is 6.87. The first-order chi connectivity index (χ1) is 14.2. The summed E-state index contributed by atoms with van der Waals surface area (Å²) in [7, 11) is 0. The Bertz CT molecular complexity index is 992. The molecule has 0 spiro atoms. The molecule has 0 radical (unpaired) electrons. The van der Waals surface area contributed by atoms with E-state index in [2.05, 4.69) is 43.3 Å². The van der Waals surface area contributed by atoms with E-state index in [0.29, 0.717) is 23.2 Å². The highest BCUT2D eigenvalue weighted by atomic mass is 32.1. The van der Waals surface area contributed by atoms with Crippen molar-refractivity contribution in [2.45, 2.75) is 40.5 Å². The summed E-state index contributed by atoms with van der Waals surface area (Å²) >= 11 is 1.42. The van der Waals surface area contributed by atoms with Crippen LogP contribution in [0.1, 0.15) is 40.5 Å². The zero-order chi connectivity index (χ0) is 21.7. The first kappa shape index (κ1) is 22.0. The average Bonchev–Trinajstić information content (AvgIpc) is 3.11. The van der Waals surface area contributed by atoms with E-state index in [0.717, 1.165) is 23.4 Å². The van der Waals surface area contributed by atoms with Crippen LogP contribution >= 0.6 is 11.3 Å². The van der Waals surface area contributed by atoms with Gasteiger partial charge in [-0.1, -0.05) is 52.0 Å². The third-order valence-corrected chi connectivity index (χ3v) is 5.34. The van der Waals surface area contributed by atoms with Gasteiger partial charge < -0.3 is 10.6 Å². The van der Waals surface area contributed by atoms with Crippen LogP contribution < -0.4 is 10.6 Å². The van der Waals surface area contributed by atoms with Crippen molar-refractivity contribution >= 4 is 33.8 Å². The lowest BCUT2D eigenvalue weighted by Crippen LogP contribution is -2.18. The number of rotatable bonds is 7. The summed E-state index contributed by atoms with van der Waals surface area (Å²) in [6.45, 7) is 8.69. The number of anilines is 3. The summed E-state index contributed by atoms with van der Waals surface area (Å²) in [6.07, 6.45) is 1.52. The van der Waals surface area contributed by atoms with Crippen LogP contribution in [-0.2, 0) is 4.79 Å². The largest absolute Gasteiger partial charge is 0.329 e. The van der Waals surface area contributed by atoms with E-state index in [4.69, 9.17) is 0 Å². The fourth-order valence-electron chi connectivity index (χ4n) is 3.51. The SMILES string of the molecule is CC(CC(=O)Nc1ccc(-c2csc(Nc3ccccc3F)n2)cc1)CC(C)(C)C. The Morgan fingerprint density at radius 1 is 1.13 bits per heavy atom. The number of carbonyl (C=O) groups is 1. The standard InChI is InChI=1S/C24H28FN3OS/c1-16(14-24(2,3)4)13-22(29)26-18-11-9-17(10-12-18)21-15-30-23(28-21)27-20-8-6-5-7-19(20)25/h5-12,15-16H,13-14H2,1-4H3,(H,26,29)(H,27,28). The van der Waals surface area contributed by atoms with Crippen molar-refractivity contribution in [1.29, 1.82) is 0 Å². The lowest BCUT2D eigenvalue weighted by Gasteiger charge is -2.22. The summed E-state index contributed by atoms with van der Waals surface area (Å²) < 4.78 is 13.8. The molecule has 1 unspecified atom stereocenters. The summed E-state index contributed by atoms with van der Waals surface area (Å²) in [5.41, 5.74) is 3.13. The third-order valence-electron chi connectivity index (χ3n) is 4.58. The molecule has 0 aliphatic carbocycles.